The highest BCUT2D eigenvalue weighted by atomic mass is 16.6. The van der Waals surface area contributed by atoms with Crippen LogP contribution in [0.2, 0.25) is 0 Å². The van der Waals surface area contributed by atoms with Crippen LogP contribution in [0.5, 0.6) is 0 Å². The molecule has 5 N–H and O–H groups in total. The van der Waals surface area contributed by atoms with Gasteiger partial charge in [-0.15, -0.1) is 0 Å². The lowest BCUT2D eigenvalue weighted by Gasteiger charge is -2.31. The SMILES string of the molecule is CC(C)[C@H](NC(=O)CNC(=O)[C@@H]1CCCN1C(=O)[C@@H](NC(=O)OC(C)(C)C)C(C)C)C(=O)NCC(=O)O. The molecule has 1 heterocycles. The first-order valence-corrected chi connectivity index (χ1v) is 12.4. The normalized spacial score (nSPS) is 17.1. The smallest absolute Gasteiger partial charge is 0.408 e. The highest BCUT2D eigenvalue weighted by Gasteiger charge is 2.39. The van der Waals surface area contributed by atoms with Crippen molar-refractivity contribution in [2.45, 2.75) is 85.0 Å². The first-order valence-electron chi connectivity index (χ1n) is 12.4. The lowest BCUT2D eigenvalue weighted by atomic mass is 10.0. The van der Waals surface area contributed by atoms with E-state index in [1.165, 1.54) is 4.90 Å². The fourth-order valence-corrected chi connectivity index (χ4v) is 3.75. The van der Waals surface area contributed by atoms with Crippen LogP contribution < -0.4 is 21.3 Å². The minimum Gasteiger partial charge on any atom is -0.480 e. The van der Waals surface area contributed by atoms with Crippen LogP contribution in [0.3, 0.4) is 0 Å². The molecule has 0 saturated carbocycles. The maximum absolute atomic E-state index is 13.3. The predicted molar refractivity (Wildman–Crippen MR) is 133 cm³/mol. The van der Waals surface area contributed by atoms with Gasteiger partial charge in [0.2, 0.25) is 23.6 Å². The van der Waals surface area contributed by atoms with Crippen molar-refractivity contribution in [1.29, 1.82) is 0 Å². The van der Waals surface area contributed by atoms with Crippen molar-refractivity contribution in [3.63, 3.8) is 0 Å². The summed E-state index contributed by atoms with van der Waals surface area (Å²) in [5.41, 5.74) is -0.739. The molecule has 0 aliphatic carbocycles. The number of ether oxygens (including phenoxy) is 1. The molecule has 1 fully saturated rings. The highest BCUT2D eigenvalue weighted by molar-refractivity contribution is 5.94. The molecule has 37 heavy (non-hydrogen) atoms. The number of hydrogen-bond donors (Lipinski definition) is 5. The summed E-state index contributed by atoms with van der Waals surface area (Å²) in [6.07, 6.45) is 0.235. The van der Waals surface area contributed by atoms with E-state index in [0.717, 1.165) is 0 Å². The number of hydrogen-bond acceptors (Lipinski definition) is 7. The van der Waals surface area contributed by atoms with Crippen LogP contribution in [0.4, 0.5) is 4.79 Å². The van der Waals surface area contributed by atoms with Crippen molar-refractivity contribution >= 4 is 35.7 Å². The number of carbonyl (C=O) groups is 6. The molecule has 1 rings (SSSR count). The molecule has 0 bridgehead atoms. The van der Waals surface area contributed by atoms with E-state index in [0.29, 0.717) is 19.4 Å². The first-order chi connectivity index (χ1) is 17.0. The number of nitrogens with one attached hydrogen (secondary N) is 4. The van der Waals surface area contributed by atoms with Crippen LogP contribution in [0, 0.1) is 11.8 Å². The van der Waals surface area contributed by atoms with Crippen molar-refractivity contribution in [3.05, 3.63) is 0 Å². The summed E-state index contributed by atoms with van der Waals surface area (Å²) in [6.45, 7) is 11.3. The second kappa shape index (κ2) is 13.8. The molecule has 5 amide bonds. The average molecular weight is 528 g/mol. The molecular weight excluding hydrogens is 486 g/mol. The number of likely N-dealkylation sites (tertiary alicyclic amines) is 1. The van der Waals surface area contributed by atoms with Crippen molar-refractivity contribution in [3.8, 4) is 0 Å². The third-order valence-corrected chi connectivity index (χ3v) is 5.55. The van der Waals surface area contributed by atoms with Gasteiger partial charge in [-0.05, 0) is 45.4 Å². The topological polar surface area (TPSA) is 183 Å². The Morgan fingerprint density at radius 3 is 2.03 bits per heavy atom. The zero-order chi connectivity index (χ0) is 28.5. The van der Waals surface area contributed by atoms with Crippen LogP contribution in [-0.2, 0) is 28.7 Å². The van der Waals surface area contributed by atoms with Gasteiger partial charge in [-0.25, -0.2) is 4.79 Å². The largest absolute Gasteiger partial charge is 0.480 e. The number of nitrogens with zero attached hydrogens (tertiary/aromatic N) is 1. The molecule has 1 aliphatic rings. The minimum atomic E-state index is -1.22. The number of rotatable bonds is 11. The Kier molecular flexibility index (Phi) is 11.8. The number of carboxylic acid groups (broad SMARTS) is 1. The molecule has 0 spiro atoms. The van der Waals surface area contributed by atoms with Crippen LogP contribution >= 0.6 is 0 Å². The fourth-order valence-electron chi connectivity index (χ4n) is 3.75. The van der Waals surface area contributed by atoms with E-state index in [4.69, 9.17) is 9.84 Å². The molecule has 0 aromatic heterocycles. The van der Waals surface area contributed by atoms with Crippen LogP contribution in [0.15, 0.2) is 0 Å². The van der Waals surface area contributed by atoms with E-state index in [2.05, 4.69) is 21.3 Å². The lowest BCUT2D eigenvalue weighted by Crippen LogP contribution is -2.56. The number of carbonyl (C=O) groups excluding carboxylic acids is 5. The summed E-state index contributed by atoms with van der Waals surface area (Å²) in [4.78, 5) is 75.1. The number of aliphatic carboxylic acids is 1. The zero-order valence-electron chi connectivity index (χ0n) is 22.7. The molecule has 0 aromatic carbocycles. The van der Waals surface area contributed by atoms with E-state index in [9.17, 15) is 28.8 Å². The van der Waals surface area contributed by atoms with Crippen LogP contribution in [0.1, 0.15) is 61.3 Å². The fraction of sp³-hybridized carbons (Fsp3) is 0.750. The Hall–Kier alpha value is -3.38. The van der Waals surface area contributed by atoms with E-state index in [-0.39, 0.29) is 11.8 Å². The summed E-state index contributed by atoms with van der Waals surface area (Å²) in [5.74, 6) is -4.06. The van der Waals surface area contributed by atoms with E-state index >= 15 is 0 Å². The molecule has 0 unspecified atom stereocenters. The Labute approximate surface area is 217 Å². The minimum absolute atomic E-state index is 0.268. The van der Waals surface area contributed by atoms with Gasteiger partial charge in [0.15, 0.2) is 0 Å². The molecule has 0 radical (unpaired) electrons. The molecular formula is C24H41N5O8. The molecule has 1 aliphatic heterocycles. The summed E-state index contributed by atoms with van der Waals surface area (Å²) >= 11 is 0. The Morgan fingerprint density at radius 2 is 1.51 bits per heavy atom. The van der Waals surface area contributed by atoms with Gasteiger partial charge in [-0.3, -0.25) is 24.0 Å². The number of amides is 5. The zero-order valence-corrected chi connectivity index (χ0v) is 22.7. The van der Waals surface area contributed by atoms with E-state index < -0.39 is 72.5 Å². The monoisotopic (exact) mass is 527 g/mol. The van der Waals surface area contributed by atoms with E-state index in [1.807, 2.05) is 0 Å². The van der Waals surface area contributed by atoms with Gasteiger partial charge in [0.05, 0.1) is 6.54 Å². The van der Waals surface area contributed by atoms with Gasteiger partial charge < -0.3 is 36.0 Å². The molecule has 13 heteroatoms. The molecule has 3 atom stereocenters. The van der Waals surface area contributed by atoms with Gasteiger partial charge in [-0.2, -0.15) is 0 Å². The molecule has 13 nitrogen and oxygen atoms in total. The predicted octanol–water partition coefficient (Wildman–Crippen LogP) is -0.0155. The molecule has 1 saturated heterocycles. The summed E-state index contributed by atoms with van der Waals surface area (Å²) < 4.78 is 5.26. The third-order valence-electron chi connectivity index (χ3n) is 5.55. The summed E-state index contributed by atoms with van der Waals surface area (Å²) in [6, 6.07) is -2.71. The highest BCUT2D eigenvalue weighted by Crippen LogP contribution is 2.21. The number of alkyl carbamates (subject to hydrolysis) is 1. The Balaban J connectivity index is 2.76. The standard InChI is InChI=1S/C24H41N5O8/c1-13(2)18(21(34)26-12-17(31)32)27-16(30)11-25-20(33)15-9-8-10-29(15)22(35)19(14(3)4)28-23(36)37-24(5,6)7/h13-15,18-19H,8-12H2,1-7H3,(H,25,33)(H,26,34)(H,27,30)(H,28,36)(H,31,32)/t15-,18-,19-/m0/s1. The van der Waals surface area contributed by atoms with Crippen molar-refractivity contribution < 1.29 is 38.6 Å². The quantitative estimate of drug-likeness (QED) is 0.248. The van der Waals surface area contributed by atoms with Crippen molar-refractivity contribution in [2.24, 2.45) is 11.8 Å². The van der Waals surface area contributed by atoms with Crippen molar-refractivity contribution in [2.75, 3.05) is 19.6 Å². The van der Waals surface area contributed by atoms with Gasteiger partial charge >= 0.3 is 12.1 Å². The second-order valence-electron chi connectivity index (χ2n) is 10.7. The van der Waals surface area contributed by atoms with Gasteiger partial charge in [0.1, 0.15) is 30.3 Å². The average Bonchev–Trinajstić information content (AvgIpc) is 3.25. The number of carboxylic acids is 1. The maximum atomic E-state index is 13.3. The molecule has 0 aromatic rings. The van der Waals surface area contributed by atoms with Gasteiger partial charge in [0, 0.05) is 6.54 Å². The Morgan fingerprint density at radius 1 is 0.919 bits per heavy atom. The van der Waals surface area contributed by atoms with Crippen molar-refractivity contribution in [1.82, 2.24) is 26.2 Å². The van der Waals surface area contributed by atoms with Crippen LogP contribution in [-0.4, -0.2) is 89.1 Å². The summed E-state index contributed by atoms with van der Waals surface area (Å²) in [7, 11) is 0. The maximum Gasteiger partial charge on any atom is 0.408 e. The third kappa shape index (κ3) is 10.6. The lowest BCUT2D eigenvalue weighted by molar-refractivity contribution is -0.141. The molecule has 210 valence electrons. The second-order valence-corrected chi connectivity index (χ2v) is 10.7. The van der Waals surface area contributed by atoms with Gasteiger partial charge in [0.25, 0.3) is 0 Å². The summed E-state index contributed by atoms with van der Waals surface area (Å²) in [5, 5.41) is 18.5. The van der Waals surface area contributed by atoms with E-state index in [1.54, 1.807) is 48.5 Å². The van der Waals surface area contributed by atoms with Crippen LogP contribution in [0.25, 0.3) is 0 Å². The Bertz CT molecular complexity index is 868. The first kappa shape index (κ1) is 31.6. The van der Waals surface area contributed by atoms with Gasteiger partial charge in [-0.1, -0.05) is 27.7 Å².